The zero-order chi connectivity index (χ0) is 18.3. The number of carbonyl (C=O) groups excluding carboxylic acids is 2. The quantitative estimate of drug-likeness (QED) is 0.607. The predicted octanol–water partition coefficient (Wildman–Crippen LogP) is 3.23. The fraction of sp³-hybridized carbons (Fsp3) is 0.500. The molecule has 1 N–H and O–H groups in total. The second-order valence-corrected chi connectivity index (χ2v) is 6.89. The second kappa shape index (κ2) is 8.81. The monoisotopic (exact) mass is 345 g/mol. The van der Waals surface area contributed by atoms with Gasteiger partial charge in [0, 0.05) is 12.6 Å². The van der Waals surface area contributed by atoms with Crippen LogP contribution in [0.3, 0.4) is 0 Å². The van der Waals surface area contributed by atoms with E-state index in [9.17, 15) is 9.59 Å². The molecular weight excluding hydrogens is 318 g/mol. The zero-order valence-corrected chi connectivity index (χ0v) is 15.2. The Morgan fingerprint density at radius 1 is 1.20 bits per heavy atom. The van der Waals surface area contributed by atoms with Crippen LogP contribution in [-0.2, 0) is 25.6 Å². The maximum Gasteiger partial charge on any atom is 0.330 e. The molecule has 1 aromatic rings. The number of esters is 2. The molecule has 25 heavy (non-hydrogen) atoms. The highest BCUT2D eigenvalue weighted by Crippen LogP contribution is 2.22. The number of rotatable bonds is 7. The minimum Gasteiger partial charge on any atom is -0.466 e. The summed E-state index contributed by atoms with van der Waals surface area (Å²) >= 11 is 0. The molecule has 5 heteroatoms. The third kappa shape index (κ3) is 6.02. The Hall–Kier alpha value is -2.14. The van der Waals surface area contributed by atoms with E-state index in [0.717, 1.165) is 36.8 Å². The van der Waals surface area contributed by atoms with Crippen LogP contribution in [0.4, 0.5) is 0 Å². The van der Waals surface area contributed by atoms with E-state index in [2.05, 4.69) is 10.1 Å². The van der Waals surface area contributed by atoms with Crippen molar-refractivity contribution < 1.29 is 19.1 Å². The molecule has 0 saturated heterocycles. The first-order chi connectivity index (χ1) is 11.9. The molecule has 1 aliphatic carbocycles. The fourth-order valence-electron chi connectivity index (χ4n) is 2.68. The molecule has 0 radical (unpaired) electrons. The molecule has 0 heterocycles. The van der Waals surface area contributed by atoms with Crippen LogP contribution in [0.25, 0.3) is 6.08 Å². The normalized spacial score (nSPS) is 15.5. The predicted molar refractivity (Wildman–Crippen MR) is 96.8 cm³/mol. The summed E-state index contributed by atoms with van der Waals surface area (Å²) in [5, 5.41) is 3.26. The summed E-state index contributed by atoms with van der Waals surface area (Å²) in [6.45, 7) is 4.25. The van der Waals surface area contributed by atoms with Crippen LogP contribution in [0, 0.1) is 0 Å². The fourth-order valence-corrected chi connectivity index (χ4v) is 2.68. The summed E-state index contributed by atoms with van der Waals surface area (Å²) < 4.78 is 10.2. The number of hydrogen-bond acceptors (Lipinski definition) is 5. The molecule has 2 rings (SSSR count). The van der Waals surface area contributed by atoms with Crippen molar-refractivity contribution >= 4 is 18.0 Å². The molecule has 5 nitrogen and oxygen atoms in total. The lowest BCUT2D eigenvalue weighted by molar-refractivity contribution is -0.155. The minimum absolute atomic E-state index is 0.0782. The summed E-state index contributed by atoms with van der Waals surface area (Å²) in [6, 6.07) is 7.76. The molecule has 1 saturated carbocycles. The van der Waals surface area contributed by atoms with Gasteiger partial charge < -0.3 is 9.47 Å². The number of hydrogen-bond donors (Lipinski definition) is 1. The molecule has 0 aliphatic heterocycles. The van der Waals surface area contributed by atoms with Crippen molar-refractivity contribution in [3.05, 3.63) is 41.5 Å². The van der Waals surface area contributed by atoms with Gasteiger partial charge in [0.2, 0.25) is 0 Å². The third-order valence-electron chi connectivity index (χ3n) is 4.41. The molecule has 0 unspecified atom stereocenters. The molecule has 136 valence electrons. The van der Waals surface area contributed by atoms with E-state index >= 15 is 0 Å². The summed E-state index contributed by atoms with van der Waals surface area (Å²) in [5.74, 6) is -0.578. The maximum atomic E-state index is 12.3. The lowest BCUT2D eigenvalue weighted by Crippen LogP contribution is -2.48. The summed E-state index contributed by atoms with van der Waals surface area (Å²) in [6.07, 6.45) is 7.39. The van der Waals surface area contributed by atoms with Gasteiger partial charge in [0.05, 0.1) is 7.11 Å². The average Bonchev–Trinajstić information content (AvgIpc) is 3.11. The number of carbonyl (C=O) groups is 2. The third-order valence-corrected chi connectivity index (χ3v) is 4.41. The van der Waals surface area contributed by atoms with Crippen LogP contribution in [0.1, 0.15) is 50.7 Å². The standard InChI is InChI=1S/C20H27NO4/c1-20(2,19(23)25-17-6-4-5-7-17)21-14-16-10-8-15(9-11-16)12-13-18(22)24-3/h8-13,17,21H,4-7,14H2,1-3H3. The lowest BCUT2D eigenvalue weighted by Gasteiger charge is -2.26. The minimum atomic E-state index is -0.730. The van der Waals surface area contributed by atoms with Crippen molar-refractivity contribution in [3.63, 3.8) is 0 Å². The van der Waals surface area contributed by atoms with Gasteiger partial charge >= 0.3 is 11.9 Å². The first kappa shape index (κ1) is 19.2. The number of ether oxygens (including phenoxy) is 2. The van der Waals surface area contributed by atoms with E-state index in [4.69, 9.17) is 4.74 Å². The Labute approximate surface area is 149 Å². The van der Waals surface area contributed by atoms with Crippen LogP contribution in [0.15, 0.2) is 30.3 Å². The topological polar surface area (TPSA) is 64.6 Å². The molecule has 1 fully saturated rings. The molecule has 1 aromatic carbocycles. The Morgan fingerprint density at radius 2 is 1.84 bits per heavy atom. The van der Waals surface area contributed by atoms with E-state index < -0.39 is 5.54 Å². The van der Waals surface area contributed by atoms with Crippen LogP contribution in [0.2, 0.25) is 0 Å². The van der Waals surface area contributed by atoms with Gasteiger partial charge in [-0.3, -0.25) is 10.1 Å². The van der Waals surface area contributed by atoms with E-state index in [1.54, 1.807) is 6.08 Å². The Kier molecular flexibility index (Phi) is 6.76. The molecule has 0 aromatic heterocycles. The van der Waals surface area contributed by atoms with Gasteiger partial charge in [0.15, 0.2) is 0 Å². The van der Waals surface area contributed by atoms with Crippen LogP contribution < -0.4 is 5.32 Å². The number of nitrogens with one attached hydrogen (secondary N) is 1. The lowest BCUT2D eigenvalue weighted by atomic mass is 10.0. The zero-order valence-electron chi connectivity index (χ0n) is 15.2. The highest BCUT2D eigenvalue weighted by molar-refractivity contribution is 5.86. The largest absolute Gasteiger partial charge is 0.466 e. The average molecular weight is 345 g/mol. The molecular formula is C20H27NO4. The summed E-state index contributed by atoms with van der Waals surface area (Å²) in [4.78, 5) is 23.4. The highest BCUT2D eigenvalue weighted by atomic mass is 16.5. The van der Waals surface area contributed by atoms with Crippen molar-refractivity contribution in [2.75, 3.05) is 7.11 Å². The van der Waals surface area contributed by atoms with Gasteiger partial charge in [-0.05, 0) is 56.7 Å². The van der Waals surface area contributed by atoms with Gasteiger partial charge in [-0.1, -0.05) is 24.3 Å². The van der Waals surface area contributed by atoms with E-state index in [0.29, 0.717) is 6.54 Å². The SMILES string of the molecule is COC(=O)C=Cc1ccc(CNC(C)(C)C(=O)OC2CCCC2)cc1. The first-order valence-electron chi connectivity index (χ1n) is 8.72. The van der Waals surface area contributed by atoms with E-state index in [-0.39, 0.29) is 18.0 Å². The van der Waals surface area contributed by atoms with Crippen molar-refractivity contribution in [1.29, 1.82) is 0 Å². The van der Waals surface area contributed by atoms with Gasteiger partial charge in [0.25, 0.3) is 0 Å². The van der Waals surface area contributed by atoms with Crippen molar-refractivity contribution in [1.82, 2.24) is 5.32 Å². The number of benzene rings is 1. The smallest absolute Gasteiger partial charge is 0.330 e. The Morgan fingerprint density at radius 3 is 2.44 bits per heavy atom. The first-order valence-corrected chi connectivity index (χ1v) is 8.72. The molecule has 0 spiro atoms. The van der Waals surface area contributed by atoms with Crippen LogP contribution >= 0.6 is 0 Å². The molecule has 1 aliphatic rings. The van der Waals surface area contributed by atoms with Crippen molar-refractivity contribution in [3.8, 4) is 0 Å². The second-order valence-electron chi connectivity index (χ2n) is 6.89. The Balaban J connectivity index is 1.85. The summed E-state index contributed by atoms with van der Waals surface area (Å²) in [5.41, 5.74) is 1.23. The van der Waals surface area contributed by atoms with E-state index in [1.165, 1.54) is 13.2 Å². The Bertz CT molecular complexity index is 613. The van der Waals surface area contributed by atoms with Crippen LogP contribution in [-0.4, -0.2) is 30.7 Å². The van der Waals surface area contributed by atoms with Gasteiger partial charge in [-0.25, -0.2) is 4.79 Å². The summed E-state index contributed by atoms with van der Waals surface area (Å²) in [7, 11) is 1.35. The molecule has 0 bridgehead atoms. The van der Waals surface area contributed by atoms with Crippen LogP contribution in [0.5, 0.6) is 0 Å². The van der Waals surface area contributed by atoms with Gasteiger partial charge in [0.1, 0.15) is 11.6 Å². The van der Waals surface area contributed by atoms with Gasteiger partial charge in [-0.2, -0.15) is 0 Å². The van der Waals surface area contributed by atoms with E-state index in [1.807, 2.05) is 38.1 Å². The molecule has 0 amide bonds. The highest BCUT2D eigenvalue weighted by Gasteiger charge is 2.31. The van der Waals surface area contributed by atoms with Crippen molar-refractivity contribution in [2.45, 2.75) is 57.7 Å². The molecule has 0 atom stereocenters. The van der Waals surface area contributed by atoms with Gasteiger partial charge in [-0.15, -0.1) is 0 Å². The number of methoxy groups -OCH3 is 1. The van der Waals surface area contributed by atoms with Crippen molar-refractivity contribution in [2.24, 2.45) is 0 Å². The maximum absolute atomic E-state index is 12.3.